The lowest BCUT2D eigenvalue weighted by atomic mass is 9.95. The van der Waals surface area contributed by atoms with Crippen molar-refractivity contribution in [3.63, 3.8) is 0 Å². The summed E-state index contributed by atoms with van der Waals surface area (Å²) in [6.45, 7) is 0. The van der Waals surface area contributed by atoms with Gasteiger partial charge in [-0.2, -0.15) is 0 Å². The van der Waals surface area contributed by atoms with E-state index in [0.717, 1.165) is 22.7 Å². The van der Waals surface area contributed by atoms with Crippen molar-refractivity contribution in [2.45, 2.75) is 0 Å². The van der Waals surface area contributed by atoms with E-state index in [0.29, 0.717) is 0 Å². The first-order valence-corrected chi connectivity index (χ1v) is 17.2. The van der Waals surface area contributed by atoms with E-state index in [2.05, 4.69) is 204 Å². The number of fused-ring (bicyclic) bond motifs is 8. The molecule has 0 radical (unpaired) electrons. The van der Waals surface area contributed by atoms with Crippen molar-refractivity contribution in [2.75, 3.05) is 4.90 Å². The maximum Gasteiger partial charge on any atom is 0.0562 e. The fourth-order valence-electron chi connectivity index (χ4n) is 7.94. The number of hydrogen-bond donors (Lipinski definition) is 0. The Bertz CT molecular complexity index is 2870. The molecule has 0 N–H and O–H groups in total. The summed E-state index contributed by atoms with van der Waals surface area (Å²) in [5, 5.41) is 10.0. The smallest absolute Gasteiger partial charge is 0.0562 e. The van der Waals surface area contributed by atoms with Gasteiger partial charge in [-0.1, -0.05) is 146 Å². The number of para-hydroxylation sites is 3. The van der Waals surface area contributed by atoms with Crippen LogP contribution in [0.2, 0.25) is 0 Å². The lowest BCUT2D eigenvalue weighted by Crippen LogP contribution is -2.11. The molecule has 0 saturated carbocycles. The minimum Gasteiger partial charge on any atom is -0.309 e. The third-order valence-electron chi connectivity index (χ3n) is 10.1. The molecular formula is C48H32N2. The molecular weight excluding hydrogens is 605 g/mol. The van der Waals surface area contributed by atoms with Crippen molar-refractivity contribution in [3.05, 3.63) is 194 Å². The summed E-state index contributed by atoms with van der Waals surface area (Å²) in [7, 11) is 0. The molecule has 0 atom stereocenters. The predicted octanol–water partition coefficient (Wildman–Crippen LogP) is 13.4. The van der Waals surface area contributed by atoms with Crippen LogP contribution in [0.1, 0.15) is 0 Å². The van der Waals surface area contributed by atoms with E-state index in [4.69, 9.17) is 0 Å². The first-order valence-electron chi connectivity index (χ1n) is 17.2. The highest BCUT2D eigenvalue weighted by Crippen LogP contribution is 2.47. The Morgan fingerprint density at radius 2 is 0.980 bits per heavy atom. The third-order valence-corrected chi connectivity index (χ3v) is 10.1. The minimum absolute atomic E-state index is 1.12. The average molecular weight is 637 g/mol. The molecule has 0 aliphatic carbocycles. The van der Waals surface area contributed by atoms with Crippen LogP contribution in [0.4, 0.5) is 17.1 Å². The van der Waals surface area contributed by atoms with Gasteiger partial charge in [0.15, 0.2) is 0 Å². The van der Waals surface area contributed by atoms with Gasteiger partial charge in [0.25, 0.3) is 0 Å². The van der Waals surface area contributed by atoms with Crippen LogP contribution in [-0.2, 0) is 0 Å². The zero-order chi connectivity index (χ0) is 33.0. The number of nitrogens with zero attached hydrogens (tertiary/aromatic N) is 2. The van der Waals surface area contributed by atoms with Gasteiger partial charge in [0.2, 0.25) is 0 Å². The van der Waals surface area contributed by atoms with Gasteiger partial charge >= 0.3 is 0 Å². The maximum absolute atomic E-state index is 2.47. The molecule has 0 saturated heterocycles. The Kier molecular flexibility index (Phi) is 6.53. The van der Waals surface area contributed by atoms with Crippen LogP contribution < -0.4 is 4.90 Å². The Hall–Kier alpha value is -6.64. The molecule has 234 valence electrons. The van der Waals surface area contributed by atoms with Crippen LogP contribution >= 0.6 is 0 Å². The SMILES string of the molecule is c1ccc(-c2ccccc2N(c2ccc3c(ccc4ccc5ccccc5c43)c2)c2cccc3c2c2ccccc2n3-c2ccccc2)cc1. The largest absolute Gasteiger partial charge is 0.309 e. The fourth-order valence-corrected chi connectivity index (χ4v) is 7.94. The first kappa shape index (κ1) is 28.4. The number of rotatable bonds is 5. The molecule has 1 heterocycles. The standard InChI is InChI=1S/C48H32N2/c1-3-14-33(15-4-1)39-19-9-11-22-43(39)50(38-30-31-41-36(32-38)29-28-35-27-26-34-16-7-8-20-40(34)47(35)41)46-25-13-24-45-48(46)42-21-10-12-23-44(42)49(45)37-17-5-2-6-18-37/h1-32H. The molecule has 0 spiro atoms. The van der Waals surface area contributed by atoms with Crippen molar-refractivity contribution in [1.82, 2.24) is 4.57 Å². The average Bonchev–Trinajstić information content (AvgIpc) is 3.53. The van der Waals surface area contributed by atoms with E-state index in [1.54, 1.807) is 0 Å². The highest BCUT2D eigenvalue weighted by molar-refractivity contribution is 6.21. The van der Waals surface area contributed by atoms with Gasteiger partial charge in [-0.25, -0.2) is 0 Å². The summed E-state index contributed by atoms with van der Waals surface area (Å²) in [5.41, 5.74) is 9.27. The molecule has 2 heteroatoms. The van der Waals surface area contributed by atoms with Crippen LogP contribution in [0.3, 0.4) is 0 Å². The summed E-state index contributed by atoms with van der Waals surface area (Å²) in [4.78, 5) is 2.47. The number of benzene rings is 9. The van der Waals surface area contributed by atoms with Gasteiger partial charge in [-0.05, 0) is 86.4 Å². The lowest BCUT2D eigenvalue weighted by Gasteiger charge is -2.29. The van der Waals surface area contributed by atoms with Gasteiger partial charge in [-0.3, -0.25) is 0 Å². The third kappa shape index (κ3) is 4.43. The number of anilines is 3. The monoisotopic (exact) mass is 636 g/mol. The van der Waals surface area contributed by atoms with Crippen molar-refractivity contribution >= 4 is 71.2 Å². The van der Waals surface area contributed by atoms with Crippen LogP contribution in [0.15, 0.2) is 194 Å². The number of aromatic nitrogens is 1. The van der Waals surface area contributed by atoms with Crippen molar-refractivity contribution in [3.8, 4) is 16.8 Å². The zero-order valence-electron chi connectivity index (χ0n) is 27.4. The molecule has 10 aromatic rings. The number of hydrogen-bond acceptors (Lipinski definition) is 1. The molecule has 0 bridgehead atoms. The highest BCUT2D eigenvalue weighted by Gasteiger charge is 2.23. The molecule has 0 fully saturated rings. The Balaban J connectivity index is 1.29. The lowest BCUT2D eigenvalue weighted by molar-refractivity contribution is 1.18. The maximum atomic E-state index is 2.47. The Morgan fingerprint density at radius 1 is 0.360 bits per heavy atom. The van der Waals surface area contributed by atoms with E-state index >= 15 is 0 Å². The van der Waals surface area contributed by atoms with E-state index in [-0.39, 0.29) is 0 Å². The zero-order valence-corrected chi connectivity index (χ0v) is 27.4. The van der Waals surface area contributed by atoms with Gasteiger partial charge < -0.3 is 9.47 Å². The molecule has 0 aliphatic heterocycles. The molecule has 0 aliphatic rings. The van der Waals surface area contributed by atoms with Crippen LogP contribution in [0.25, 0.3) is 70.9 Å². The predicted molar refractivity (Wildman–Crippen MR) is 213 cm³/mol. The molecule has 2 nitrogen and oxygen atoms in total. The molecule has 10 rings (SSSR count). The second-order valence-corrected chi connectivity index (χ2v) is 12.9. The Labute approximate surface area is 290 Å². The quantitative estimate of drug-likeness (QED) is 0.171. The van der Waals surface area contributed by atoms with Gasteiger partial charge in [0, 0.05) is 27.7 Å². The van der Waals surface area contributed by atoms with Crippen molar-refractivity contribution in [1.29, 1.82) is 0 Å². The van der Waals surface area contributed by atoms with E-state index in [1.165, 1.54) is 65.3 Å². The Morgan fingerprint density at radius 3 is 1.84 bits per heavy atom. The molecule has 50 heavy (non-hydrogen) atoms. The highest BCUT2D eigenvalue weighted by atomic mass is 15.2. The van der Waals surface area contributed by atoms with E-state index in [9.17, 15) is 0 Å². The summed E-state index contributed by atoms with van der Waals surface area (Å²) >= 11 is 0. The van der Waals surface area contributed by atoms with Gasteiger partial charge in [-0.15, -0.1) is 0 Å². The normalized spacial score (nSPS) is 11.6. The first-order chi connectivity index (χ1) is 24.8. The van der Waals surface area contributed by atoms with Crippen molar-refractivity contribution in [2.24, 2.45) is 0 Å². The van der Waals surface area contributed by atoms with Gasteiger partial charge in [0.1, 0.15) is 0 Å². The van der Waals surface area contributed by atoms with Gasteiger partial charge in [0.05, 0.1) is 22.4 Å². The van der Waals surface area contributed by atoms with Crippen LogP contribution in [0.5, 0.6) is 0 Å². The molecule has 0 amide bonds. The topological polar surface area (TPSA) is 8.17 Å². The summed E-state index contributed by atoms with van der Waals surface area (Å²) < 4.78 is 2.40. The van der Waals surface area contributed by atoms with Crippen LogP contribution in [0, 0.1) is 0 Å². The second kappa shape index (κ2) is 11.5. The second-order valence-electron chi connectivity index (χ2n) is 12.9. The molecule has 1 aromatic heterocycles. The summed E-state index contributed by atoms with van der Waals surface area (Å²) in [6.07, 6.45) is 0. The van der Waals surface area contributed by atoms with E-state index < -0.39 is 0 Å². The fraction of sp³-hybridized carbons (Fsp3) is 0. The van der Waals surface area contributed by atoms with Crippen LogP contribution in [-0.4, -0.2) is 4.57 Å². The molecule has 0 unspecified atom stereocenters. The molecule has 9 aromatic carbocycles. The van der Waals surface area contributed by atoms with E-state index in [1.807, 2.05) is 0 Å². The van der Waals surface area contributed by atoms with Crippen molar-refractivity contribution < 1.29 is 0 Å². The summed E-state index contributed by atoms with van der Waals surface area (Å²) in [5.74, 6) is 0. The minimum atomic E-state index is 1.12. The summed E-state index contributed by atoms with van der Waals surface area (Å²) in [6, 6.07) is 70.5.